The van der Waals surface area contributed by atoms with E-state index in [2.05, 4.69) is 30.9 Å². The lowest BCUT2D eigenvalue weighted by Crippen LogP contribution is -2.71. The molecule has 184 valence electrons. The van der Waals surface area contributed by atoms with E-state index in [1.807, 2.05) is 0 Å². The minimum Gasteiger partial charge on any atom is -0.477 e. The predicted octanol–water partition coefficient (Wildman–Crippen LogP) is -0.244. The van der Waals surface area contributed by atoms with Crippen molar-refractivity contribution >= 4 is 51.7 Å². The fraction of sp³-hybridized carbons (Fsp3) is 0.368. The van der Waals surface area contributed by atoms with E-state index in [9.17, 15) is 19.5 Å². The van der Waals surface area contributed by atoms with Crippen LogP contribution < -0.4 is 11.1 Å². The maximum atomic E-state index is 12.9. The molecule has 0 aromatic carbocycles. The highest BCUT2D eigenvalue weighted by Crippen LogP contribution is 2.40. The number of thioether (sulfide) groups is 1. The molecule has 0 saturated carbocycles. The second-order valence-electron chi connectivity index (χ2n) is 7.26. The Kier molecular flexibility index (Phi) is 7.11. The van der Waals surface area contributed by atoms with Gasteiger partial charge in [0.25, 0.3) is 11.8 Å². The number of aryl methyl sites for hydroxylation is 1. The molecular weight excluding hydrogens is 498 g/mol. The number of aliphatic carboxylic acids is 1. The highest BCUT2D eigenvalue weighted by Gasteiger charge is 2.54. The van der Waals surface area contributed by atoms with E-state index < -0.39 is 29.2 Å². The lowest BCUT2D eigenvalue weighted by molar-refractivity contribution is -0.150. The number of amides is 2. The second-order valence-corrected chi connectivity index (χ2v) is 9.26. The number of nitrogens with zero attached hydrogens (tertiary/aromatic N) is 7. The highest BCUT2D eigenvalue weighted by atomic mass is 32.2. The number of nitrogens with two attached hydrogens (primary N) is 1. The summed E-state index contributed by atoms with van der Waals surface area (Å²) >= 11 is 2.47. The predicted molar refractivity (Wildman–Crippen MR) is 126 cm³/mol. The molecule has 4 rings (SSSR count). The van der Waals surface area contributed by atoms with Crippen LogP contribution in [0.15, 0.2) is 34.0 Å². The molecule has 4 heterocycles. The van der Waals surface area contributed by atoms with Crippen LogP contribution in [0.1, 0.15) is 18.4 Å². The summed E-state index contributed by atoms with van der Waals surface area (Å²) in [6.45, 7) is 3.93. The third-order valence-corrected chi connectivity index (χ3v) is 6.87. The number of fused-ring (bicyclic) bond motifs is 1. The Morgan fingerprint density at radius 2 is 2.26 bits per heavy atom. The molecular formula is C19H21N9O5S2. The number of allylic oxidation sites excluding steroid dienone is 2. The maximum Gasteiger partial charge on any atom is 0.352 e. The molecule has 1 saturated heterocycles. The van der Waals surface area contributed by atoms with Gasteiger partial charge in [0, 0.05) is 11.1 Å². The molecule has 2 aromatic rings. The zero-order chi connectivity index (χ0) is 25.1. The van der Waals surface area contributed by atoms with E-state index in [-0.39, 0.29) is 28.8 Å². The fourth-order valence-electron chi connectivity index (χ4n) is 3.40. The van der Waals surface area contributed by atoms with Crippen molar-refractivity contribution in [3.8, 4) is 0 Å². The largest absolute Gasteiger partial charge is 0.477 e. The summed E-state index contributed by atoms with van der Waals surface area (Å²) in [5.41, 5.74) is 6.09. The Morgan fingerprint density at radius 1 is 1.46 bits per heavy atom. The third-order valence-electron chi connectivity index (χ3n) is 4.89. The molecule has 14 nitrogen and oxygen atoms in total. The maximum absolute atomic E-state index is 12.9. The van der Waals surface area contributed by atoms with Gasteiger partial charge in [-0.15, -0.1) is 33.3 Å². The van der Waals surface area contributed by atoms with Gasteiger partial charge in [0.2, 0.25) is 0 Å². The van der Waals surface area contributed by atoms with Crippen molar-refractivity contribution in [1.29, 1.82) is 0 Å². The smallest absolute Gasteiger partial charge is 0.352 e. The first-order chi connectivity index (χ1) is 16.8. The fourth-order valence-corrected chi connectivity index (χ4v) is 5.27. The number of oxime groups is 1. The molecule has 2 aromatic heterocycles. The van der Waals surface area contributed by atoms with Crippen LogP contribution >= 0.6 is 23.1 Å². The van der Waals surface area contributed by atoms with E-state index in [1.54, 1.807) is 31.4 Å². The molecule has 2 aliphatic rings. The van der Waals surface area contributed by atoms with Gasteiger partial charge in [0.15, 0.2) is 16.7 Å². The van der Waals surface area contributed by atoms with Gasteiger partial charge in [-0.05, 0) is 24.6 Å². The van der Waals surface area contributed by atoms with Crippen LogP contribution in [0.3, 0.4) is 0 Å². The Morgan fingerprint density at radius 3 is 2.89 bits per heavy atom. The summed E-state index contributed by atoms with van der Waals surface area (Å²) in [5.74, 6) is -1.61. The first kappa shape index (κ1) is 24.3. The number of rotatable bonds is 9. The van der Waals surface area contributed by atoms with Crippen molar-refractivity contribution in [1.82, 2.24) is 35.4 Å². The van der Waals surface area contributed by atoms with E-state index >= 15 is 0 Å². The van der Waals surface area contributed by atoms with Crippen molar-refractivity contribution in [2.75, 3.05) is 18.1 Å². The minimum absolute atomic E-state index is 0.124. The molecule has 2 atom stereocenters. The molecule has 1 unspecified atom stereocenters. The van der Waals surface area contributed by atoms with Gasteiger partial charge in [0.05, 0.1) is 6.54 Å². The molecule has 1 fully saturated rings. The normalized spacial score (nSPS) is 20.1. The Labute approximate surface area is 206 Å². The molecule has 0 aliphatic carbocycles. The Balaban J connectivity index is 1.49. The first-order valence-corrected chi connectivity index (χ1v) is 12.3. The van der Waals surface area contributed by atoms with Crippen LogP contribution in [0, 0.1) is 6.92 Å². The van der Waals surface area contributed by atoms with Gasteiger partial charge < -0.3 is 21.0 Å². The van der Waals surface area contributed by atoms with E-state index in [0.717, 1.165) is 11.3 Å². The molecule has 2 aliphatic heterocycles. The summed E-state index contributed by atoms with van der Waals surface area (Å²) in [5, 5.41) is 29.1. The number of hydrogen-bond donors (Lipinski definition) is 3. The summed E-state index contributed by atoms with van der Waals surface area (Å²) < 4.78 is 0. The monoisotopic (exact) mass is 519 g/mol. The Bertz CT molecular complexity index is 1250. The quantitative estimate of drug-likeness (QED) is 0.225. The van der Waals surface area contributed by atoms with Crippen molar-refractivity contribution in [2.45, 2.75) is 31.8 Å². The van der Waals surface area contributed by atoms with Crippen molar-refractivity contribution < 1.29 is 24.3 Å². The van der Waals surface area contributed by atoms with Gasteiger partial charge in [0.1, 0.15) is 29.4 Å². The number of carbonyl (C=O) groups excluding carboxylic acids is 2. The molecule has 0 bridgehead atoms. The van der Waals surface area contributed by atoms with Gasteiger partial charge in [-0.1, -0.05) is 17.3 Å². The van der Waals surface area contributed by atoms with Gasteiger partial charge >= 0.3 is 5.97 Å². The van der Waals surface area contributed by atoms with E-state index in [1.165, 1.54) is 21.5 Å². The SMILES string of the molecule is CCON=C(C(=O)NC1C(=O)N2C(C(=O)O)=C(/C=C/Cn3nnc(C)n3)CS[C@H]12)c1csc(N)n1. The average Bonchev–Trinajstić information content (AvgIpc) is 3.44. The first-order valence-electron chi connectivity index (χ1n) is 10.3. The number of hydrogen-bond acceptors (Lipinski definition) is 12. The summed E-state index contributed by atoms with van der Waals surface area (Å²) in [6.07, 6.45) is 3.32. The number of carboxylic acids is 1. The molecule has 0 spiro atoms. The minimum atomic E-state index is -1.24. The topological polar surface area (TPSA) is 191 Å². The zero-order valence-corrected chi connectivity index (χ0v) is 20.2. The number of β-lactam (4-membered cyclic amide) rings is 1. The Hall–Kier alpha value is -3.79. The molecule has 4 N–H and O–H groups in total. The van der Waals surface area contributed by atoms with Crippen LogP contribution in [0.2, 0.25) is 0 Å². The number of tetrazole rings is 1. The number of nitrogen functional groups attached to an aromatic ring is 1. The summed E-state index contributed by atoms with van der Waals surface area (Å²) in [4.78, 5) is 49.4. The summed E-state index contributed by atoms with van der Waals surface area (Å²) in [6, 6.07) is -0.933. The molecule has 2 amide bonds. The van der Waals surface area contributed by atoms with Crippen LogP contribution in [-0.4, -0.2) is 82.5 Å². The van der Waals surface area contributed by atoms with Crippen molar-refractivity contribution in [3.63, 3.8) is 0 Å². The van der Waals surface area contributed by atoms with Gasteiger partial charge in [-0.25, -0.2) is 9.78 Å². The van der Waals surface area contributed by atoms with Gasteiger partial charge in [-0.2, -0.15) is 4.80 Å². The van der Waals surface area contributed by atoms with Gasteiger partial charge in [-0.3, -0.25) is 14.5 Å². The molecule has 16 heteroatoms. The van der Waals surface area contributed by atoms with Crippen molar-refractivity contribution in [3.05, 3.63) is 40.3 Å². The lowest BCUT2D eigenvalue weighted by atomic mass is 10.0. The second kappa shape index (κ2) is 10.2. The lowest BCUT2D eigenvalue weighted by Gasteiger charge is -2.49. The average molecular weight is 520 g/mol. The van der Waals surface area contributed by atoms with Crippen LogP contribution in [0.5, 0.6) is 0 Å². The van der Waals surface area contributed by atoms with E-state index in [0.29, 0.717) is 23.7 Å². The number of carbonyl (C=O) groups is 3. The van der Waals surface area contributed by atoms with Crippen LogP contribution in [0.25, 0.3) is 0 Å². The standard InChI is InChI=1S/C19H21N9O5S2/c1-3-33-25-12(11-8-35-19(20)21-11)15(29)22-13-16(30)28-14(18(31)32)10(7-34-17(13)28)5-4-6-27-24-9(2)23-26-27/h4-5,8,13,17H,3,6-7H2,1-2H3,(H2,20,21)(H,22,29)(H,31,32)/b5-4+,25-12?/t13?,17-/m1/s1. The number of carboxylic acid groups (broad SMARTS) is 1. The highest BCUT2D eigenvalue weighted by molar-refractivity contribution is 8.00. The van der Waals surface area contributed by atoms with Crippen LogP contribution in [-0.2, 0) is 25.8 Å². The summed E-state index contributed by atoms with van der Waals surface area (Å²) in [7, 11) is 0. The zero-order valence-electron chi connectivity index (χ0n) is 18.6. The number of thiazole rings is 1. The molecule has 0 radical (unpaired) electrons. The van der Waals surface area contributed by atoms with Crippen molar-refractivity contribution in [2.24, 2.45) is 5.16 Å². The van der Waals surface area contributed by atoms with Crippen LogP contribution in [0.4, 0.5) is 5.13 Å². The number of anilines is 1. The molecule has 35 heavy (non-hydrogen) atoms. The van der Waals surface area contributed by atoms with E-state index in [4.69, 9.17) is 10.6 Å². The number of aromatic nitrogens is 5. The number of nitrogens with one attached hydrogen (secondary N) is 1. The third kappa shape index (κ3) is 5.02.